The third-order valence-corrected chi connectivity index (χ3v) is 6.06. The molecule has 1 N–H and O–H groups in total. The lowest BCUT2D eigenvalue weighted by Crippen LogP contribution is -2.47. The number of pyridine rings is 1. The predicted octanol–water partition coefficient (Wildman–Crippen LogP) is 6.18. The summed E-state index contributed by atoms with van der Waals surface area (Å²) in [6.45, 7) is 0.935. The number of nitrogens with one attached hydrogen (secondary N) is 1. The first-order valence-electron chi connectivity index (χ1n) is 11.0. The Hall–Kier alpha value is -3.69. The smallest absolute Gasteiger partial charge is 0.356 e. The number of hydrogen-bond donors (Lipinski definition) is 1. The Morgan fingerprint density at radius 1 is 0.971 bits per heavy atom. The first-order chi connectivity index (χ1) is 16.6. The highest BCUT2D eigenvalue weighted by Gasteiger charge is 2.32. The molecule has 2 heterocycles. The lowest BCUT2D eigenvalue weighted by Gasteiger charge is -2.37. The number of carbonyl (C=O) groups excluding carboxylic acids is 1. The summed E-state index contributed by atoms with van der Waals surface area (Å²) in [5.41, 5.74) is 0.771. The molecule has 0 bridgehead atoms. The van der Waals surface area contributed by atoms with Gasteiger partial charge in [-0.3, -0.25) is 0 Å². The molecular weight excluding hydrogens is 467 g/mol. The van der Waals surface area contributed by atoms with Crippen LogP contribution in [0, 0.1) is 11.6 Å². The van der Waals surface area contributed by atoms with E-state index >= 15 is 0 Å². The predicted molar refractivity (Wildman–Crippen MR) is 123 cm³/mol. The van der Waals surface area contributed by atoms with Gasteiger partial charge in [-0.2, -0.15) is 13.2 Å². The molecule has 4 rings (SSSR count). The van der Waals surface area contributed by atoms with Crippen molar-refractivity contribution in [2.24, 2.45) is 0 Å². The highest BCUT2D eigenvalue weighted by Crippen LogP contribution is 2.31. The number of hydrogen-bond acceptors (Lipinski definition) is 3. The highest BCUT2D eigenvalue weighted by molar-refractivity contribution is 5.89. The molecule has 1 aliphatic heterocycles. The Morgan fingerprint density at radius 2 is 1.60 bits per heavy atom. The lowest BCUT2D eigenvalue weighted by atomic mass is 10.0. The van der Waals surface area contributed by atoms with Crippen LogP contribution in [0.25, 0.3) is 11.1 Å². The van der Waals surface area contributed by atoms with E-state index in [4.69, 9.17) is 0 Å². The number of rotatable bonds is 4. The fourth-order valence-electron chi connectivity index (χ4n) is 4.09. The molecule has 0 aliphatic carbocycles. The first-order valence-corrected chi connectivity index (χ1v) is 11.0. The Labute approximate surface area is 199 Å². The zero-order chi connectivity index (χ0) is 25.2. The number of urea groups is 1. The summed E-state index contributed by atoms with van der Waals surface area (Å²) >= 11 is 0. The number of halogens is 5. The van der Waals surface area contributed by atoms with Crippen LogP contribution in [-0.4, -0.2) is 42.1 Å². The molecule has 2 amide bonds. The van der Waals surface area contributed by atoms with Gasteiger partial charge < -0.3 is 15.1 Å². The van der Waals surface area contributed by atoms with Crippen LogP contribution in [0.1, 0.15) is 18.4 Å². The Kier molecular flexibility index (Phi) is 6.90. The fraction of sp³-hybridized carbons (Fsp3) is 0.280. The van der Waals surface area contributed by atoms with Crippen molar-refractivity contribution < 1.29 is 26.7 Å². The molecular formula is C25H23F5N4O. The number of nitrogens with zero attached hydrogens (tertiary/aromatic N) is 3. The van der Waals surface area contributed by atoms with Crippen molar-refractivity contribution in [3.8, 4) is 11.1 Å². The maximum absolute atomic E-state index is 13.5. The average Bonchev–Trinajstić information content (AvgIpc) is 2.83. The summed E-state index contributed by atoms with van der Waals surface area (Å²) in [4.78, 5) is 20.2. The average molecular weight is 490 g/mol. The van der Waals surface area contributed by atoms with E-state index in [0.29, 0.717) is 42.7 Å². The molecule has 3 aromatic rings. The minimum Gasteiger partial charge on any atom is -0.356 e. The van der Waals surface area contributed by atoms with E-state index in [1.807, 2.05) is 0 Å². The summed E-state index contributed by atoms with van der Waals surface area (Å²) < 4.78 is 65.9. The SMILES string of the molecule is CN(C(=O)Nc1ccc(-c2cc(F)cc(F)c2)cc1)C1CCN(c2cc(C(F)(F)F)ccn2)CC1. The van der Waals surface area contributed by atoms with Crippen LogP contribution in [0.4, 0.5) is 38.3 Å². The Balaban J connectivity index is 1.33. The van der Waals surface area contributed by atoms with Gasteiger partial charge in [-0.15, -0.1) is 0 Å². The van der Waals surface area contributed by atoms with Gasteiger partial charge in [0, 0.05) is 44.1 Å². The molecule has 10 heteroatoms. The minimum absolute atomic E-state index is 0.0911. The van der Waals surface area contributed by atoms with Gasteiger partial charge in [-0.1, -0.05) is 12.1 Å². The van der Waals surface area contributed by atoms with Crippen molar-refractivity contribution in [3.05, 3.63) is 78.0 Å². The quantitative estimate of drug-likeness (QED) is 0.445. The van der Waals surface area contributed by atoms with E-state index in [2.05, 4.69) is 10.3 Å². The number of carbonyl (C=O) groups is 1. The topological polar surface area (TPSA) is 48.5 Å². The monoisotopic (exact) mass is 490 g/mol. The first kappa shape index (κ1) is 24.4. The molecule has 1 fully saturated rings. The molecule has 1 aromatic heterocycles. The van der Waals surface area contributed by atoms with Gasteiger partial charge in [0.1, 0.15) is 17.5 Å². The van der Waals surface area contributed by atoms with Crippen LogP contribution in [0.5, 0.6) is 0 Å². The lowest BCUT2D eigenvalue weighted by molar-refractivity contribution is -0.137. The highest BCUT2D eigenvalue weighted by atomic mass is 19.4. The summed E-state index contributed by atoms with van der Waals surface area (Å²) in [6, 6.07) is 11.4. The number of anilines is 2. The number of piperidine rings is 1. The molecule has 1 saturated heterocycles. The number of alkyl halides is 3. The standard InChI is InChI=1S/C25H23F5N4O/c1-33(22-7-10-34(11-8-22)23-14-18(6-9-31-23)25(28,29)30)24(35)32-21-4-2-16(3-5-21)17-12-19(26)15-20(27)13-17/h2-6,9,12-15,22H,7-8,10-11H2,1H3,(H,32,35). The largest absolute Gasteiger partial charge is 0.416 e. The third kappa shape index (κ3) is 5.87. The summed E-state index contributed by atoms with van der Waals surface area (Å²) in [5, 5.41) is 2.80. The van der Waals surface area contributed by atoms with Crippen LogP contribution in [0.15, 0.2) is 60.8 Å². The normalized spacial score (nSPS) is 14.6. The van der Waals surface area contributed by atoms with Gasteiger partial charge >= 0.3 is 12.2 Å². The van der Waals surface area contributed by atoms with Crippen LogP contribution in [-0.2, 0) is 6.18 Å². The van der Waals surface area contributed by atoms with E-state index in [-0.39, 0.29) is 17.9 Å². The van der Waals surface area contributed by atoms with Gasteiger partial charge in [0.15, 0.2) is 0 Å². The summed E-state index contributed by atoms with van der Waals surface area (Å²) in [6.07, 6.45) is -2.13. The second kappa shape index (κ2) is 9.89. The number of amides is 2. The molecule has 0 spiro atoms. The molecule has 0 radical (unpaired) electrons. The summed E-state index contributed by atoms with van der Waals surface area (Å²) in [7, 11) is 1.67. The second-order valence-electron chi connectivity index (χ2n) is 8.40. The van der Waals surface area contributed by atoms with Crippen molar-refractivity contribution in [3.63, 3.8) is 0 Å². The zero-order valence-corrected chi connectivity index (χ0v) is 18.8. The molecule has 5 nitrogen and oxygen atoms in total. The number of benzene rings is 2. The Bertz CT molecular complexity index is 1170. The van der Waals surface area contributed by atoms with E-state index < -0.39 is 23.4 Å². The molecule has 0 atom stereocenters. The summed E-state index contributed by atoms with van der Waals surface area (Å²) in [5.74, 6) is -1.08. The van der Waals surface area contributed by atoms with Crippen molar-refractivity contribution in [1.82, 2.24) is 9.88 Å². The van der Waals surface area contributed by atoms with Crippen molar-refractivity contribution in [2.75, 3.05) is 30.4 Å². The van der Waals surface area contributed by atoms with Gasteiger partial charge in [0.25, 0.3) is 0 Å². The van der Waals surface area contributed by atoms with Gasteiger partial charge in [0.2, 0.25) is 0 Å². The molecule has 0 saturated carbocycles. The van der Waals surface area contributed by atoms with Crippen LogP contribution in [0.2, 0.25) is 0 Å². The molecule has 2 aromatic carbocycles. The van der Waals surface area contributed by atoms with Crippen molar-refractivity contribution in [2.45, 2.75) is 25.1 Å². The van der Waals surface area contributed by atoms with Crippen molar-refractivity contribution in [1.29, 1.82) is 0 Å². The van der Waals surface area contributed by atoms with Gasteiger partial charge in [-0.25, -0.2) is 18.6 Å². The molecule has 0 unspecified atom stereocenters. The minimum atomic E-state index is -4.43. The molecule has 184 valence electrons. The van der Waals surface area contributed by atoms with Crippen LogP contribution < -0.4 is 10.2 Å². The van der Waals surface area contributed by atoms with E-state index in [1.54, 1.807) is 41.1 Å². The Morgan fingerprint density at radius 3 is 2.20 bits per heavy atom. The van der Waals surface area contributed by atoms with Gasteiger partial charge in [0.05, 0.1) is 5.56 Å². The molecule has 35 heavy (non-hydrogen) atoms. The fourth-order valence-corrected chi connectivity index (χ4v) is 4.09. The van der Waals surface area contributed by atoms with Crippen LogP contribution >= 0.6 is 0 Å². The molecule has 1 aliphatic rings. The number of aromatic nitrogens is 1. The third-order valence-electron chi connectivity index (χ3n) is 6.06. The zero-order valence-electron chi connectivity index (χ0n) is 18.8. The maximum Gasteiger partial charge on any atom is 0.416 e. The van der Waals surface area contributed by atoms with E-state index in [1.165, 1.54) is 12.1 Å². The van der Waals surface area contributed by atoms with E-state index in [9.17, 15) is 26.7 Å². The maximum atomic E-state index is 13.5. The second-order valence-corrected chi connectivity index (χ2v) is 8.40. The van der Waals surface area contributed by atoms with Crippen molar-refractivity contribution >= 4 is 17.5 Å². The van der Waals surface area contributed by atoms with Crippen LogP contribution in [0.3, 0.4) is 0 Å². The van der Waals surface area contributed by atoms with Gasteiger partial charge in [-0.05, 0) is 60.4 Å². The van der Waals surface area contributed by atoms with E-state index in [0.717, 1.165) is 24.4 Å².